The monoisotopic (exact) mass is 330 g/mol. The van der Waals surface area contributed by atoms with E-state index in [1.165, 1.54) is 24.8 Å². The molecule has 1 aromatic carbocycles. The van der Waals surface area contributed by atoms with E-state index in [1.54, 1.807) is 14.2 Å². The normalized spacial score (nSPS) is 17.2. The topological polar surface area (TPSA) is 48.9 Å². The number of ether oxygens (including phenoxy) is 1. The van der Waals surface area contributed by atoms with Crippen LogP contribution in [0.3, 0.4) is 0 Å². The lowest BCUT2D eigenvalue weighted by molar-refractivity contribution is 0.161. The van der Waals surface area contributed by atoms with Gasteiger partial charge in [-0.05, 0) is 32.0 Å². The predicted octanol–water partition coefficient (Wildman–Crippen LogP) is 2.57. The van der Waals surface area contributed by atoms with E-state index >= 15 is 0 Å². The number of guanidine groups is 1. The molecule has 5 heteroatoms. The minimum Gasteiger partial charge on any atom is -0.496 e. The van der Waals surface area contributed by atoms with Crippen molar-refractivity contribution in [3.63, 3.8) is 0 Å². The molecule has 2 N–H and O–H groups in total. The van der Waals surface area contributed by atoms with E-state index in [0.717, 1.165) is 31.3 Å². The summed E-state index contributed by atoms with van der Waals surface area (Å²) in [6, 6.07) is 8.58. The van der Waals surface area contributed by atoms with E-state index in [1.807, 2.05) is 18.2 Å². The fourth-order valence-electron chi connectivity index (χ4n) is 3.19. The Labute approximate surface area is 145 Å². The van der Waals surface area contributed by atoms with Crippen molar-refractivity contribution in [3.8, 4) is 5.75 Å². The number of hydrogen-bond donors (Lipinski definition) is 2. The number of piperidine rings is 1. The summed E-state index contributed by atoms with van der Waals surface area (Å²) in [4.78, 5) is 6.83. The molecule has 2 rings (SSSR count). The summed E-state index contributed by atoms with van der Waals surface area (Å²) in [6.45, 7) is 7.48. The van der Waals surface area contributed by atoms with Gasteiger partial charge in [0.1, 0.15) is 5.75 Å². The second kappa shape index (κ2) is 9.98. The highest BCUT2D eigenvalue weighted by Crippen LogP contribution is 2.30. The molecule has 132 valence electrons. The van der Waals surface area contributed by atoms with Gasteiger partial charge in [-0.1, -0.05) is 30.7 Å². The Morgan fingerprint density at radius 1 is 1.29 bits per heavy atom. The Morgan fingerprint density at radius 3 is 2.71 bits per heavy atom. The highest BCUT2D eigenvalue weighted by Gasteiger charge is 2.24. The zero-order valence-electron chi connectivity index (χ0n) is 14.9. The van der Waals surface area contributed by atoms with Gasteiger partial charge in [0, 0.05) is 25.7 Å². The molecule has 0 saturated carbocycles. The minimum absolute atomic E-state index is 0.267. The van der Waals surface area contributed by atoms with Crippen LogP contribution in [0.1, 0.15) is 30.9 Å². The van der Waals surface area contributed by atoms with Gasteiger partial charge >= 0.3 is 0 Å². The molecule has 1 aliphatic rings. The number of rotatable bonds is 7. The van der Waals surface area contributed by atoms with Crippen LogP contribution in [0.2, 0.25) is 0 Å². The molecule has 1 atom stereocenters. The van der Waals surface area contributed by atoms with Gasteiger partial charge < -0.3 is 15.4 Å². The average Bonchev–Trinajstić information content (AvgIpc) is 2.65. The lowest BCUT2D eigenvalue weighted by atomic mass is 10.0. The molecule has 0 amide bonds. The predicted molar refractivity (Wildman–Crippen MR) is 101 cm³/mol. The molecule has 0 aromatic heterocycles. The van der Waals surface area contributed by atoms with E-state index in [0.29, 0.717) is 6.54 Å². The van der Waals surface area contributed by atoms with Crippen LogP contribution in [0.15, 0.2) is 41.9 Å². The number of aliphatic imine (C=N–C) groups is 1. The third-order valence-electron chi connectivity index (χ3n) is 4.43. The first kappa shape index (κ1) is 18.3. The summed E-state index contributed by atoms with van der Waals surface area (Å²) in [5.74, 6) is 1.75. The molecular weight excluding hydrogens is 300 g/mol. The number of para-hydroxylation sites is 1. The Bertz CT molecular complexity index is 538. The van der Waals surface area contributed by atoms with Gasteiger partial charge in [-0.25, -0.2) is 0 Å². The van der Waals surface area contributed by atoms with Crippen molar-refractivity contribution in [2.75, 3.05) is 40.3 Å². The maximum Gasteiger partial charge on any atom is 0.191 e. The molecule has 24 heavy (non-hydrogen) atoms. The van der Waals surface area contributed by atoms with Gasteiger partial charge in [-0.2, -0.15) is 0 Å². The molecule has 0 aliphatic carbocycles. The fraction of sp³-hybridized carbons (Fsp3) is 0.526. The second-order valence-corrected chi connectivity index (χ2v) is 5.98. The molecule has 1 fully saturated rings. The third-order valence-corrected chi connectivity index (χ3v) is 4.43. The van der Waals surface area contributed by atoms with Crippen LogP contribution in [-0.2, 0) is 0 Å². The van der Waals surface area contributed by atoms with E-state index in [-0.39, 0.29) is 6.04 Å². The fourth-order valence-corrected chi connectivity index (χ4v) is 3.19. The van der Waals surface area contributed by atoms with E-state index in [2.05, 4.69) is 39.2 Å². The Morgan fingerprint density at radius 2 is 2.04 bits per heavy atom. The molecule has 1 aromatic rings. The zero-order valence-corrected chi connectivity index (χ0v) is 14.9. The van der Waals surface area contributed by atoms with Crippen molar-refractivity contribution >= 4 is 5.96 Å². The number of nitrogens with zero attached hydrogens (tertiary/aromatic N) is 2. The number of methoxy groups -OCH3 is 1. The van der Waals surface area contributed by atoms with Crippen molar-refractivity contribution in [3.05, 3.63) is 42.5 Å². The standard InChI is InChI=1S/C19H30N4O/c1-4-12-21-19(20-2)22-15-17(23-13-8-5-9-14-23)16-10-6-7-11-18(16)24-3/h4,6-7,10-11,17H,1,5,8-9,12-15H2,2-3H3,(H2,20,21,22). The average molecular weight is 330 g/mol. The zero-order chi connectivity index (χ0) is 17.2. The summed E-state index contributed by atoms with van der Waals surface area (Å²) >= 11 is 0. The molecule has 1 heterocycles. The molecule has 0 radical (unpaired) electrons. The van der Waals surface area contributed by atoms with Gasteiger partial charge in [-0.15, -0.1) is 6.58 Å². The van der Waals surface area contributed by atoms with Crippen molar-refractivity contribution in [2.45, 2.75) is 25.3 Å². The van der Waals surface area contributed by atoms with E-state index in [9.17, 15) is 0 Å². The third kappa shape index (κ3) is 4.99. The second-order valence-electron chi connectivity index (χ2n) is 5.98. The number of hydrogen-bond acceptors (Lipinski definition) is 3. The lowest BCUT2D eigenvalue weighted by Gasteiger charge is -2.35. The summed E-state index contributed by atoms with van der Waals surface area (Å²) in [6.07, 6.45) is 5.67. The maximum absolute atomic E-state index is 5.60. The highest BCUT2D eigenvalue weighted by molar-refractivity contribution is 5.79. The Kier molecular flexibility index (Phi) is 7.62. The summed E-state index contributed by atoms with van der Waals surface area (Å²) < 4.78 is 5.60. The Balaban J connectivity index is 2.15. The number of benzene rings is 1. The summed E-state index contributed by atoms with van der Waals surface area (Å²) in [5.41, 5.74) is 1.23. The van der Waals surface area contributed by atoms with E-state index in [4.69, 9.17) is 4.74 Å². The maximum atomic E-state index is 5.60. The van der Waals surface area contributed by atoms with Gasteiger partial charge in [0.25, 0.3) is 0 Å². The summed E-state index contributed by atoms with van der Waals surface area (Å²) in [5, 5.41) is 6.67. The first-order valence-electron chi connectivity index (χ1n) is 8.72. The molecule has 1 unspecified atom stereocenters. The largest absolute Gasteiger partial charge is 0.496 e. The molecule has 5 nitrogen and oxygen atoms in total. The van der Waals surface area contributed by atoms with Crippen LogP contribution >= 0.6 is 0 Å². The molecular formula is C19H30N4O. The van der Waals surface area contributed by atoms with E-state index < -0.39 is 0 Å². The first-order chi connectivity index (χ1) is 11.8. The SMILES string of the molecule is C=CCNC(=NC)NCC(c1ccccc1OC)N1CCCCC1. The minimum atomic E-state index is 0.267. The smallest absolute Gasteiger partial charge is 0.191 e. The number of likely N-dealkylation sites (tertiary alicyclic amines) is 1. The van der Waals surface area contributed by atoms with Crippen molar-refractivity contribution in [1.82, 2.24) is 15.5 Å². The van der Waals surface area contributed by atoms with Crippen molar-refractivity contribution in [2.24, 2.45) is 4.99 Å². The van der Waals surface area contributed by atoms with Crippen molar-refractivity contribution < 1.29 is 4.74 Å². The molecule has 1 saturated heterocycles. The van der Waals surface area contributed by atoms with Crippen LogP contribution in [-0.4, -0.2) is 51.2 Å². The molecule has 0 spiro atoms. The lowest BCUT2D eigenvalue weighted by Crippen LogP contribution is -2.44. The van der Waals surface area contributed by atoms with Crippen LogP contribution < -0.4 is 15.4 Å². The first-order valence-corrected chi connectivity index (χ1v) is 8.72. The Hall–Kier alpha value is -2.01. The van der Waals surface area contributed by atoms with Gasteiger partial charge in [0.2, 0.25) is 0 Å². The highest BCUT2D eigenvalue weighted by atomic mass is 16.5. The van der Waals surface area contributed by atoms with Crippen molar-refractivity contribution in [1.29, 1.82) is 0 Å². The van der Waals surface area contributed by atoms with Gasteiger partial charge in [0.15, 0.2) is 5.96 Å². The number of nitrogens with one attached hydrogen (secondary N) is 2. The molecule has 0 bridgehead atoms. The molecule has 1 aliphatic heterocycles. The van der Waals surface area contributed by atoms with Crippen LogP contribution in [0.5, 0.6) is 5.75 Å². The quantitative estimate of drug-likeness (QED) is 0.458. The van der Waals surface area contributed by atoms with Gasteiger partial charge in [-0.3, -0.25) is 9.89 Å². The van der Waals surface area contributed by atoms with Crippen LogP contribution in [0.25, 0.3) is 0 Å². The van der Waals surface area contributed by atoms with Gasteiger partial charge in [0.05, 0.1) is 13.2 Å². The van der Waals surface area contributed by atoms with Crippen LogP contribution in [0, 0.1) is 0 Å². The summed E-state index contributed by atoms with van der Waals surface area (Å²) in [7, 11) is 3.53. The van der Waals surface area contributed by atoms with Crippen LogP contribution in [0.4, 0.5) is 0 Å².